The van der Waals surface area contributed by atoms with Gasteiger partial charge in [-0.15, -0.1) is 12.4 Å². The Labute approximate surface area is 180 Å². The highest BCUT2D eigenvalue weighted by Crippen LogP contribution is 2.25. The molecule has 1 aliphatic heterocycles. The maximum absolute atomic E-state index is 12.7. The number of morpholine rings is 1. The minimum absolute atomic E-state index is 0. The lowest BCUT2D eigenvalue weighted by Gasteiger charge is -2.24. The number of hydrogen-bond acceptors (Lipinski definition) is 5. The lowest BCUT2D eigenvalue weighted by Crippen LogP contribution is -2.33. The van der Waals surface area contributed by atoms with Gasteiger partial charge in [-0.2, -0.15) is 10.4 Å². The largest absolute Gasteiger partial charge is 0.371 e. The van der Waals surface area contributed by atoms with E-state index in [2.05, 4.69) is 26.9 Å². The number of ether oxygens (including phenoxy) is 1. The highest BCUT2D eigenvalue weighted by Gasteiger charge is 2.19. The van der Waals surface area contributed by atoms with Gasteiger partial charge in [-0.25, -0.2) is 0 Å². The van der Waals surface area contributed by atoms with Gasteiger partial charge in [-0.05, 0) is 36.8 Å². The van der Waals surface area contributed by atoms with Crippen LogP contribution in [0.1, 0.15) is 33.3 Å². The number of carbonyl (C=O) groups excluding carboxylic acids is 1. The van der Waals surface area contributed by atoms with Gasteiger partial charge >= 0.3 is 0 Å². The second-order valence-corrected chi connectivity index (χ2v) is 6.90. The Morgan fingerprint density at radius 2 is 2.07 bits per heavy atom. The van der Waals surface area contributed by atoms with E-state index in [9.17, 15) is 4.79 Å². The van der Waals surface area contributed by atoms with Crippen molar-refractivity contribution in [2.24, 2.45) is 0 Å². The molecular formula is C22H22ClN5O2. The van der Waals surface area contributed by atoms with E-state index in [1.165, 1.54) is 0 Å². The molecule has 7 nitrogen and oxygen atoms in total. The van der Waals surface area contributed by atoms with E-state index in [0.717, 1.165) is 35.5 Å². The third kappa shape index (κ3) is 4.52. The van der Waals surface area contributed by atoms with Crippen LogP contribution in [0.3, 0.4) is 0 Å². The van der Waals surface area contributed by atoms with Crippen molar-refractivity contribution in [1.82, 2.24) is 15.5 Å². The highest BCUT2D eigenvalue weighted by atomic mass is 35.5. The SMILES string of the molecule is Cc1c(C(=O)Nc2ccc([C@H]3CNCCO3)cc2)n[nH]c1-c1cccc(C#N)c1.Cl. The summed E-state index contributed by atoms with van der Waals surface area (Å²) in [5.41, 5.74) is 4.92. The smallest absolute Gasteiger partial charge is 0.276 e. The summed E-state index contributed by atoms with van der Waals surface area (Å²) in [6.07, 6.45) is 0.0359. The van der Waals surface area contributed by atoms with Crippen LogP contribution in [0, 0.1) is 18.3 Å². The van der Waals surface area contributed by atoms with Crippen molar-refractivity contribution in [3.63, 3.8) is 0 Å². The summed E-state index contributed by atoms with van der Waals surface area (Å²) in [5, 5.41) is 22.4. The fourth-order valence-corrected chi connectivity index (χ4v) is 3.40. The average molecular weight is 424 g/mol. The first kappa shape index (κ1) is 21.5. The number of nitriles is 1. The number of halogens is 1. The minimum Gasteiger partial charge on any atom is -0.371 e. The number of nitrogens with one attached hydrogen (secondary N) is 3. The van der Waals surface area contributed by atoms with E-state index >= 15 is 0 Å². The van der Waals surface area contributed by atoms with Crippen LogP contribution >= 0.6 is 12.4 Å². The van der Waals surface area contributed by atoms with Crippen molar-refractivity contribution in [3.05, 3.63) is 70.9 Å². The Kier molecular flexibility index (Phi) is 6.85. The van der Waals surface area contributed by atoms with Crippen molar-refractivity contribution in [2.75, 3.05) is 25.0 Å². The fraction of sp³-hybridized carbons (Fsp3) is 0.227. The molecule has 3 aromatic rings. The number of rotatable bonds is 4. The summed E-state index contributed by atoms with van der Waals surface area (Å²) in [6.45, 7) is 4.19. The van der Waals surface area contributed by atoms with Gasteiger partial charge in [0.25, 0.3) is 5.91 Å². The maximum Gasteiger partial charge on any atom is 0.276 e. The van der Waals surface area contributed by atoms with Gasteiger partial charge in [-0.1, -0.05) is 24.3 Å². The summed E-state index contributed by atoms with van der Waals surface area (Å²) >= 11 is 0. The Morgan fingerprint density at radius 3 is 2.77 bits per heavy atom. The topological polar surface area (TPSA) is 103 Å². The molecule has 0 radical (unpaired) electrons. The molecule has 0 bridgehead atoms. The number of carbonyl (C=O) groups is 1. The number of nitrogens with zero attached hydrogens (tertiary/aromatic N) is 2. The number of aromatic nitrogens is 2. The summed E-state index contributed by atoms with van der Waals surface area (Å²) < 4.78 is 5.75. The van der Waals surface area contributed by atoms with E-state index in [1.807, 2.05) is 37.3 Å². The Hall–Kier alpha value is -3.18. The van der Waals surface area contributed by atoms with Crippen LogP contribution < -0.4 is 10.6 Å². The van der Waals surface area contributed by atoms with Crippen molar-refractivity contribution >= 4 is 24.0 Å². The molecule has 4 rings (SSSR count). The third-order valence-electron chi connectivity index (χ3n) is 4.97. The molecule has 0 spiro atoms. The molecule has 2 aromatic carbocycles. The molecule has 2 heterocycles. The number of H-pyrrole nitrogens is 1. The molecule has 3 N–H and O–H groups in total. The Bertz CT molecular complexity index is 1070. The number of benzene rings is 2. The first-order valence-electron chi connectivity index (χ1n) is 9.45. The average Bonchev–Trinajstić information content (AvgIpc) is 3.16. The number of aromatic amines is 1. The number of hydrogen-bond donors (Lipinski definition) is 3. The van der Waals surface area contributed by atoms with Gasteiger partial charge in [0.1, 0.15) is 0 Å². The van der Waals surface area contributed by atoms with Gasteiger partial charge < -0.3 is 15.4 Å². The first-order chi connectivity index (χ1) is 14.2. The predicted molar refractivity (Wildman–Crippen MR) is 117 cm³/mol. The van der Waals surface area contributed by atoms with Gasteiger partial charge in [-0.3, -0.25) is 9.89 Å². The van der Waals surface area contributed by atoms with Crippen LogP contribution in [0.2, 0.25) is 0 Å². The third-order valence-corrected chi connectivity index (χ3v) is 4.97. The van der Waals surface area contributed by atoms with Crippen LogP contribution in [0.5, 0.6) is 0 Å². The normalized spacial score (nSPS) is 15.7. The van der Waals surface area contributed by atoms with E-state index in [4.69, 9.17) is 10.00 Å². The van der Waals surface area contributed by atoms with Crippen LogP contribution in [-0.2, 0) is 4.74 Å². The maximum atomic E-state index is 12.7. The summed E-state index contributed by atoms with van der Waals surface area (Å²) in [6, 6.07) is 17.0. The van der Waals surface area contributed by atoms with Crippen LogP contribution in [0.15, 0.2) is 48.5 Å². The quantitative estimate of drug-likeness (QED) is 0.595. The zero-order valence-electron chi connectivity index (χ0n) is 16.4. The van der Waals surface area contributed by atoms with E-state index in [1.54, 1.807) is 18.2 Å². The molecule has 1 saturated heterocycles. The molecule has 1 aromatic heterocycles. The fourth-order valence-electron chi connectivity index (χ4n) is 3.40. The molecule has 1 amide bonds. The summed E-state index contributed by atoms with van der Waals surface area (Å²) in [5.74, 6) is -0.287. The second kappa shape index (κ2) is 9.55. The molecule has 1 aliphatic rings. The van der Waals surface area contributed by atoms with Crippen LogP contribution in [-0.4, -0.2) is 35.8 Å². The Morgan fingerprint density at radius 1 is 1.27 bits per heavy atom. The molecule has 1 atom stereocenters. The van der Waals surface area contributed by atoms with Gasteiger partial charge in [0.05, 0.1) is 30.0 Å². The zero-order chi connectivity index (χ0) is 20.2. The van der Waals surface area contributed by atoms with Gasteiger partial charge in [0.2, 0.25) is 0 Å². The first-order valence-corrected chi connectivity index (χ1v) is 9.45. The van der Waals surface area contributed by atoms with Gasteiger partial charge in [0, 0.05) is 29.9 Å². The lowest BCUT2D eigenvalue weighted by atomic mass is 10.0. The standard InChI is InChI=1S/C22H21N5O2.ClH/c1-14-20(17-4-2-3-15(11-17)12-23)26-27-21(14)22(28)25-18-7-5-16(6-8-18)19-13-24-9-10-29-19;/h2-8,11,19,24H,9-10,13H2,1H3,(H,25,28)(H,26,27);1H/t19-;/m1./s1. The number of anilines is 1. The molecule has 0 saturated carbocycles. The predicted octanol–water partition coefficient (Wildman–Crippen LogP) is 3.59. The van der Waals surface area contributed by atoms with Crippen molar-refractivity contribution in [1.29, 1.82) is 5.26 Å². The van der Waals surface area contributed by atoms with E-state index < -0.39 is 0 Å². The molecular weight excluding hydrogens is 402 g/mol. The molecule has 8 heteroatoms. The van der Waals surface area contributed by atoms with Crippen molar-refractivity contribution in [3.8, 4) is 17.3 Å². The number of amides is 1. The van der Waals surface area contributed by atoms with E-state index in [-0.39, 0.29) is 24.4 Å². The van der Waals surface area contributed by atoms with E-state index in [0.29, 0.717) is 23.6 Å². The zero-order valence-corrected chi connectivity index (χ0v) is 17.3. The lowest BCUT2D eigenvalue weighted by molar-refractivity contribution is 0.0277. The van der Waals surface area contributed by atoms with Crippen molar-refractivity contribution < 1.29 is 9.53 Å². The van der Waals surface area contributed by atoms with Gasteiger partial charge in [0.15, 0.2) is 5.69 Å². The second-order valence-electron chi connectivity index (χ2n) is 6.90. The monoisotopic (exact) mass is 423 g/mol. The van der Waals surface area contributed by atoms with Crippen LogP contribution in [0.25, 0.3) is 11.3 Å². The summed E-state index contributed by atoms with van der Waals surface area (Å²) in [4.78, 5) is 12.7. The van der Waals surface area contributed by atoms with Crippen LogP contribution in [0.4, 0.5) is 5.69 Å². The molecule has 154 valence electrons. The minimum atomic E-state index is -0.287. The summed E-state index contributed by atoms with van der Waals surface area (Å²) in [7, 11) is 0. The Balaban J connectivity index is 0.00000256. The van der Waals surface area contributed by atoms with Crippen molar-refractivity contribution in [2.45, 2.75) is 13.0 Å². The molecule has 0 aliphatic carbocycles. The molecule has 30 heavy (non-hydrogen) atoms. The molecule has 0 unspecified atom stereocenters. The highest BCUT2D eigenvalue weighted by molar-refractivity contribution is 6.04. The molecule has 1 fully saturated rings.